The Balaban J connectivity index is 0.000000270. The zero-order valence-electron chi connectivity index (χ0n) is 26.1. The molecule has 0 aliphatic rings. The second-order valence-corrected chi connectivity index (χ2v) is 13.1. The summed E-state index contributed by atoms with van der Waals surface area (Å²) in [7, 11) is 0. The average molecular weight is 853 g/mol. The van der Waals surface area contributed by atoms with Gasteiger partial charge in [0.05, 0.1) is 18.9 Å². The Morgan fingerprint density at radius 3 is 1.12 bits per heavy atom. The zero-order valence-corrected chi connectivity index (χ0v) is 30.9. The van der Waals surface area contributed by atoms with Gasteiger partial charge in [0.25, 0.3) is 0 Å². The molecule has 4 rings (SSSR count). The molecule has 4 aromatic rings. The number of aromatic hydroxyl groups is 10. The van der Waals surface area contributed by atoms with E-state index in [-0.39, 0.29) is 35.1 Å². The predicted octanol–water partition coefficient (Wildman–Crippen LogP) is 7.34. The largest absolute Gasteiger partial charge is 0.504 e. The lowest BCUT2D eigenvalue weighted by molar-refractivity contribution is 0.366. The van der Waals surface area contributed by atoms with Crippen molar-refractivity contribution < 1.29 is 51.1 Å². The molecule has 12 N–H and O–H groups in total. The molecule has 4 aromatic carbocycles. The quantitative estimate of drug-likeness (QED) is 0.0474. The summed E-state index contributed by atoms with van der Waals surface area (Å²) in [6, 6.07) is 10.6. The van der Waals surface area contributed by atoms with E-state index in [0.717, 1.165) is 0 Å². The number of halogens is 2. The van der Waals surface area contributed by atoms with Crippen LogP contribution in [0.15, 0.2) is 69.6 Å². The van der Waals surface area contributed by atoms with Crippen LogP contribution in [0.2, 0.25) is 0 Å². The fourth-order valence-electron chi connectivity index (χ4n) is 4.17. The Kier molecular flexibility index (Phi) is 13.6. The Morgan fingerprint density at radius 1 is 0.520 bits per heavy atom. The first-order valence-electron chi connectivity index (χ1n) is 14.3. The smallest absolute Gasteiger partial charge is 0.200 e. The first-order valence-corrected chi connectivity index (χ1v) is 16.7. The number of hydrogen-bond donors (Lipinski definition) is 12. The summed E-state index contributed by atoms with van der Waals surface area (Å²) in [4.78, 5) is 0.748. The van der Waals surface area contributed by atoms with Gasteiger partial charge in [0, 0.05) is 12.1 Å². The maximum absolute atomic E-state index is 9.67. The van der Waals surface area contributed by atoms with Crippen LogP contribution in [-0.4, -0.2) is 61.0 Å². The van der Waals surface area contributed by atoms with Gasteiger partial charge in [-0.1, -0.05) is 36.6 Å². The molecule has 2 atom stereocenters. The minimum Gasteiger partial charge on any atom is -0.504 e. The number of rotatable bonds is 8. The monoisotopic (exact) mass is 850 g/mol. The van der Waals surface area contributed by atoms with Crippen molar-refractivity contribution in [2.75, 3.05) is 0 Å². The van der Waals surface area contributed by atoms with Crippen LogP contribution in [0.25, 0.3) is 12.2 Å². The molecule has 0 saturated heterocycles. The molecule has 264 valence electrons. The minimum atomic E-state index is -0.574. The fourth-order valence-corrected chi connectivity index (χ4v) is 5.59. The van der Waals surface area contributed by atoms with E-state index in [0.29, 0.717) is 41.2 Å². The first kappa shape index (κ1) is 39.5. The molecule has 0 aromatic heterocycles. The van der Waals surface area contributed by atoms with Crippen molar-refractivity contribution in [2.45, 2.75) is 25.9 Å². The molecule has 0 amide bonds. The second-order valence-electron chi connectivity index (χ2n) is 10.6. The highest BCUT2D eigenvalue weighted by Gasteiger charge is 2.15. The summed E-state index contributed by atoms with van der Waals surface area (Å²) in [6.07, 6.45) is 6.50. The van der Waals surface area contributed by atoms with E-state index in [1.807, 2.05) is 0 Å². The highest BCUT2D eigenvalue weighted by Crippen LogP contribution is 2.39. The van der Waals surface area contributed by atoms with Gasteiger partial charge < -0.3 is 61.7 Å². The number of hydrogen-bond acceptors (Lipinski definition) is 12. The van der Waals surface area contributed by atoms with Crippen LogP contribution in [0.3, 0.4) is 0 Å². The van der Waals surface area contributed by atoms with Crippen LogP contribution in [-0.2, 0) is 0 Å². The normalized spacial score (nSPS) is 12.2. The van der Waals surface area contributed by atoms with Crippen LogP contribution >= 0.6 is 56.3 Å². The molecular formula is C34H32Br2N2O10S2. The summed E-state index contributed by atoms with van der Waals surface area (Å²) >= 11 is 16.8. The maximum atomic E-state index is 9.67. The Bertz CT molecular complexity index is 1800. The van der Waals surface area contributed by atoms with Gasteiger partial charge >= 0.3 is 0 Å². The van der Waals surface area contributed by atoms with Crippen LogP contribution in [0.1, 0.15) is 48.2 Å². The molecule has 0 fully saturated rings. The van der Waals surface area contributed by atoms with E-state index in [1.165, 1.54) is 36.4 Å². The summed E-state index contributed by atoms with van der Waals surface area (Å²) in [5, 5.41) is 101. The van der Waals surface area contributed by atoms with E-state index in [2.05, 4.69) is 42.5 Å². The van der Waals surface area contributed by atoms with Crippen LogP contribution < -0.4 is 10.6 Å². The summed E-state index contributed by atoms with van der Waals surface area (Å²) in [5.74, 6) is -3.82. The van der Waals surface area contributed by atoms with Crippen molar-refractivity contribution in [3.8, 4) is 57.5 Å². The van der Waals surface area contributed by atoms with Crippen molar-refractivity contribution in [3.05, 3.63) is 91.9 Å². The number of phenols is 10. The van der Waals surface area contributed by atoms with Crippen LogP contribution in [0.4, 0.5) is 0 Å². The molecular weight excluding hydrogens is 820 g/mol. The third-order valence-corrected chi connectivity index (χ3v) is 9.15. The predicted molar refractivity (Wildman–Crippen MR) is 204 cm³/mol. The van der Waals surface area contributed by atoms with Gasteiger partial charge in [0.15, 0.2) is 57.5 Å². The minimum absolute atomic E-state index is 0.231. The van der Waals surface area contributed by atoms with Gasteiger partial charge in [0.1, 0.15) is 0 Å². The second kappa shape index (κ2) is 17.2. The van der Waals surface area contributed by atoms with E-state index >= 15 is 0 Å². The zero-order chi connectivity index (χ0) is 37.4. The number of nitrogens with one attached hydrogen (secondary N) is 2. The SMILES string of the molecule is CC(NC(=S)/C=C/c1ccc(O)c(O)c1Br)c1cc(O)c(O)c(O)c1.CC(NC(=S)/C=C/c1ccc(O)c(O)c1Br)c1cc(O)c(O)c(O)c1. The number of phenolic OH excluding ortho intramolecular Hbond substituents is 10. The molecule has 0 aliphatic carbocycles. The molecule has 50 heavy (non-hydrogen) atoms. The van der Waals surface area contributed by atoms with Gasteiger partial charge in [-0.3, -0.25) is 0 Å². The molecule has 0 saturated carbocycles. The molecule has 0 bridgehead atoms. The molecule has 16 heteroatoms. The van der Waals surface area contributed by atoms with Crippen molar-refractivity contribution in [3.63, 3.8) is 0 Å². The lowest BCUT2D eigenvalue weighted by Gasteiger charge is -2.16. The van der Waals surface area contributed by atoms with Crippen LogP contribution in [0.5, 0.6) is 57.5 Å². The van der Waals surface area contributed by atoms with E-state index < -0.39 is 34.5 Å². The van der Waals surface area contributed by atoms with Crippen molar-refractivity contribution in [2.24, 2.45) is 0 Å². The van der Waals surface area contributed by atoms with E-state index in [4.69, 9.17) is 24.4 Å². The Morgan fingerprint density at radius 2 is 0.820 bits per heavy atom. The number of thiocarbonyl (C=S) groups is 2. The lowest BCUT2D eigenvalue weighted by atomic mass is 10.1. The van der Waals surface area contributed by atoms with E-state index in [1.54, 1.807) is 50.3 Å². The Labute approximate surface area is 313 Å². The third kappa shape index (κ3) is 10.1. The van der Waals surface area contributed by atoms with Crippen molar-refractivity contribution in [1.82, 2.24) is 10.6 Å². The molecule has 2 unspecified atom stereocenters. The third-order valence-electron chi connectivity index (χ3n) is 6.98. The average Bonchev–Trinajstić information content (AvgIpc) is 3.06. The maximum Gasteiger partial charge on any atom is 0.200 e. The molecule has 0 spiro atoms. The molecule has 0 radical (unpaired) electrons. The van der Waals surface area contributed by atoms with Crippen molar-refractivity contribution >= 4 is 78.4 Å². The van der Waals surface area contributed by atoms with Gasteiger partial charge in [-0.05, 0) is 129 Å². The molecule has 12 nitrogen and oxygen atoms in total. The standard InChI is InChI=1S/2C17H16BrNO5S/c2*1-8(10-6-12(21)16(23)13(22)7-10)19-14(25)5-3-9-2-4-11(20)17(24)15(9)18/h2*2-8,20-24H,1H3,(H,19,25)/b2*5-3+. The summed E-state index contributed by atoms with van der Waals surface area (Å²) < 4.78 is 0.681. The van der Waals surface area contributed by atoms with E-state index in [9.17, 15) is 51.1 Å². The van der Waals surface area contributed by atoms with Gasteiger partial charge in [-0.15, -0.1) is 0 Å². The van der Waals surface area contributed by atoms with Gasteiger partial charge in [-0.2, -0.15) is 0 Å². The lowest BCUT2D eigenvalue weighted by Crippen LogP contribution is -2.23. The topological polar surface area (TPSA) is 226 Å². The fraction of sp³-hybridized carbons (Fsp3) is 0.118. The highest BCUT2D eigenvalue weighted by molar-refractivity contribution is 9.11. The summed E-state index contributed by atoms with van der Waals surface area (Å²) in [6.45, 7) is 3.54. The number of benzene rings is 4. The summed E-state index contributed by atoms with van der Waals surface area (Å²) in [5.41, 5.74) is 2.30. The van der Waals surface area contributed by atoms with Gasteiger partial charge in [0.2, 0.25) is 0 Å². The van der Waals surface area contributed by atoms with Crippen LogP contribution in [0, 0.1) is 0 Å². The molecule has 0 heterocycles. The first-order chi connectivity index (χ1) is 23.4. The van der Waals surface area contributed by atoms with Gasteiger partial charge in [-0.25, -0.2) is 0 Å². The van der Waals surface area contributed by atoms with Crippen molar-refractivity contribution in [1.29, 1.82) is 0 Å². The highest BCUT2D eigenvalue weighted by atomic mass is 79.9. The Hall–Kier alpha value is -4.90. The molecule has 0 aliphatic heterocycles.